The van der Waals surface area contributed by atoms with E-state index in [1.807, 2.05) is 36.0 Å². The Labute approximate surface area is 232 Å². The van der Waals surface area contributed by atoms with E-state index in [2.05, 4.69) is 75.3 Å². The first kappa shape index (κ1) is 28.6. The number of ether oxygens (including phenoxy) is 1. The quantitative estimate of drug-likeness (QED) is 0.247. The standard InChI is InChI=1S/C30H38N2O4S2/c1-5-19-36-25-12-10-11-23(20-25)28-21-32(6-2,24-15-17-27(18-16-24)38(33,34)35)22-29(30(28)31(3)4)37-26-13-8-7-9-14-26/h7-18,20,28-30H,5-6,19,21-22H2,1-4H3/p+1. The topological polar surface area (TPSA) is 66.8 Å². The van der Waals surface area contributed by atoms with Crippen LogP contribution in [0.15, 0.2) is 88.7 Å². The molecule has 1 heterocycles. The number of piperidine rings is 1. The summed E-state index contributed by atoms with van der Waals surface area (Å²) in [6, 6.07) is 26.1. The number of likely N-dealkylation sites (tertiary alicyclic amines) is 1. The van der Waals surface area contributed by atoms with Crippen molar-refractivity contribution in [2.45, 2.75) is 47.3 Å². The molecular weight excluding hydrogens is 516 g/mol. The zero-order chi connectivity index (χ0) is 27.3. The molecule has 1 aliphatic heterocycles. The summed E-state index contributed by atoms with van der Waals surface area (Å²) in [7, 11) is 0.0881. The van der Waals surface area contributed by atoms with Crippen LogP contribution in [0.4, 0.5) is 5.69 Å². The van der Waals surface area contributed by atoms with E-state index in [4.69, 9.17) is 4.74 Å². The number of likely N-dealkylation sites (N-methyl/N-ethyl adjacent to an activating group) is 2. The summed E-state index contributed by atoms with van der Waals surface area (Å²) in [5, 5.41) is 0.271. The predicted molar refractivity (Wildman–Crippen MR) is 157 cm³/mol. The third-order valence-electron chi connectivity index (χ3n) is 7.54. The molecule has 3 aromatic rings. The highest BCUT2D eigenvalue weighted by Gasteiger charge is 2.48. The Morgan fingerprint density at radius 2 is 1.68 bits per heavy atom. The molecule has 3 aromatic carbocycles. The highest BCUT2D eigenvalue weighted by molar-refractivity contribution is 8.00. The Balaban J connectivity index is 1.81. The number of nitrogens with zero attached hydrogens (tertiary/aromatic N) is 2. The summed E-state index contributed by atoms with van der Waals surface area (Å²) < 4.78 is 39.7. The number of rotatable bonds is 10. The van der Waals surface area contributed by atoms with E-state index in [9.17, 15) is 13.0 Å². The molecule has 0 bridgehead atoms. The average molecular weight is 556 g/mol. The van der Waals surface area contributed by atoms with Gasteiger partial charge in [-0.05, 0) is 69.4 Å². The first-order chi connectivity index (χ1) is 18.2. The van der Waals surface area contributed by atoms with Gasteiger partial charge in [0.25, 0.3) is 10.1 Å². The summed E-state index contributed by atoms with van der Waals surface area (Å²) in [5.41, 5.74) is 2.31. The van der Waals surface area contributed by atoms with Crippen LogP contribution in [0.2, 0.25) is 0 Å². The number of hydrogen-bond acceptors (Lipinski definition) is 5. The second-order valence-electron chi connectivity index (χ2n) is 10.2. The maximum atomic E-state index is 11.7. The molecule has 38 heavy (non-hydrogen) atoms. The Kier molecular flexibility index (Phi) is 9.21. The van der Waals surface area contributed by atoms with E-state index in [0.29, 0.717) is 11.1 Å². The second kappa shape index (κ2) is 12.2. The van der Waals surface area contributed by atoms with E-state index < -0.39 is 10.1 Å². The number of hydrogen-bond donors (Lipinski definition) is 1. The third kappa shape index (κ3) is 6.43. The highest BCUT2D eigenvalue weighted by atomic mass is 32.2. The van der Waals surface area contributed by atoms with Crippen LogP contribution in [-0.4, -0.2) is 69.5 Å². The average Bonchev–Trinajstić information content (AvgIpc) is 2.91. The van der Waals surface area contributed by atoms with Crippen LogP contribution < -0.4 is 9.22 Å². The van der Waals surface area contributed by atoms with E-state index >= 15 is 0 Å². The lowest BCUT2D eigenvalue weighted by Crippen LogP contribution is -2.65. The minimum absolute atomic E-state index is 0.0776. The van der Waals surface area contributed by atoms with Crippen molar-refractivity contribution in [2.75, 3.05) is 40.3 Å². The van der Waals surface area contributed by atoms with E-state index in [1.54, 1.807) is 0 Å². The van der Waals surface area contributed by atoms with Crippen molar-refractivity contribution in [3.05, 3.63) is 84.4 Å². The van der Waals surface area contributed by atoms with Gasteiger partial charge in [0.05, 0.1) is 42.3 Å². The molecule has 1 fully saturated rings. The smallest absolute Gasteiger partial charge is 0.294 e. The lowest BCUT2D eigenvalue weighted by Gasteiger charge is -2.51. The van der Waals surface area contributed by atoms with Gasteiger partial charge in [-0.1, -0.05) is 37.3 Å². The van der Waals surface area contributed by atoms with Gasteiger partial charge < -0.3 is 9.64 Å². The maximum Gasteiger partial charge on any atom is 0.294 e. The fraction of sp³-hybridized carbons (Fsp3) is 0.400. The maximum absolute atomic E-state index is 11.7. The Morgan fingerprint density at radius 3 is 2.29 bits per heavy atom. The molecule has 1 aliphatic rings. The van der Waals surface area contributed by atoms with Crippen molar-refractivity contribution in [1.82, 2.24) is 9.38 Å². The summed E-state index contributed by atoms with van der Waals surface area (Å²) in [6.45, 7) is 7.63. The Bertz CT molecular complexity index is 1300. The molecule has 8 heteroatoms. The van der Waals surface area contributed by atoms with Crippen LogP contribution in [-0.2, 0) is 10.1 Å². The zero-order valence-corrected chi connectivity index (χ0v) is 24.3. The summed E-state index contributed by atoms with van der Waals surface area (Å²) in [5.74, 6) is 1.11. The van der Waals surface area contributed by atoms with Crippen LogP contribution in [0.5, 0.6) is 5.75 Å². The molecule has 0 spiro atoms. The minimum atomic E-state index is -4.25. The fourth-order valence-electron chi connectivity index (χ4n) is 5.69. The lowest BCUT2D eigenvalue weighted by atomic mass is 9.83. The van der Waals surface area contributed by atoms with Gasteiger partial charge in [-0.15, -0.1) is 11.8 Å². The van der Waals surface area contributed by atoms with E-state index in [0.717, 1.165) is 37.5 Å². The molecule has 0 radical (unpaired) electrons. The Hall–Kier alpha value is -2.36. The SMILES string of the molecule is CCCOc1cccc(C2C[N+](CC)(c3ccc(S(=O)(=O)O)cc3)CC(Sc3ccccc3)C2N(C)C)c1. The first-order valence-electron chi connectivity index (χ1n) is 13.2. The van der Waals surface area contributed by atoms with E-state index in [-0.39, 0.29) is 22.1 Å². The van der Waals surface area contributed by atoms with Gasteiger partial charge in [-0.3, -0.25) is 9.04 Å². The molecule has 0 saturated carbocycles. The van der Waals surface area contributed by atoms with Crippen molar-refractivity contribution in [2.24, 2.45) is 0 Å². The van der Waals surface area contributed by atoms with Crippen molar-refractivity contribution >= 4 is 27.6 Å². The van der Waals surface area contributed by atoms with Crippen molar-refractivity contribution in [3.8, 4) is 5.75 Å². The van der Waals surface area contributed by atoms with Gasteiger partial charge in [0, 0.05) is 23.1 Å². The van der Waals surface area contributed by atoms with Crippen molar-refractivity contribution < 1.29 is 17.7 Å². The van der Waals surface area contributed by atoms with Crippen LogP contribution in [0.1, 0.15) is 31.7 Å². The molecule has 204 valence electrons. The molecule has 4 unspecified atom stereocenters. The molecule has 0 aromatic heterocycles. The van der Waals surface area contributed by atoms with Gasteiger partial charge in [0.1, 0.15) is 11.4 Å². The number of benzene rings is 3. The predicted octanol–water partition coefficient (Wildman–Crippen LogP) is 5.94. The van der Waals surface area contributed by atoms with Gasteiger partial charge in [0.15, 0.2) is 0 Å². The molecule has 0 amide bonds. The monoisotopic (exact) mass is 555 g/mol. The molecule has 4 atom stereocenters. The molecule has 4 rings (SSSR count). The second-order valence-corrected chi connectivity index (χ2v) is 13.0. The van der Waals surface area contributed by atoms with Crippen LogP contribution >= 0.6 is 11.8 Å². The molecule has 0 aliphatic carbocycles. The third-order valence-corrected chi connectivity index (χ3v) is 9.69. The normalized spacial score (nSPS) is 23.9. The number of thioether (sulfide) groups is 1. The van der Waals surface area contributed by atoms with Gasteiger partial charge in [0.2, 0.25) is 0 Å². The Morgan fingerprint density at radius 1 is 0.974 bits per heavy atom. The zero-order valence-electron chi connectivity index (χ0n) is 22.7. The highest BCUT2D eigenvalue weighted by Crippen LogP contribution is 2.44. The summed E-state index contributed by atoms with van der Waals surface area (Å²) >= 11 is 1.91. The molecule has 1 saturated heterocycles. The van der Waals surface area contributed by atoms with Crippen molar-refractivity contribution in [1.29, 1.82) is 0 Å². The molecule has 1 N–H and O–H groups in total. The van der Waals surface area contributed by atoms with Gasteiger partial charge >= 0.3 is 0 Å². The number of quaternary nitrogens is 1. The minimum Gasteiger partial charge on any atom is -0.494 e. The van der Waals surface area contributed by atoms with Crippen LogP contribution in [0.3, 0.4) is 0 Å². The molecule has 6 nitrogen and oxygen atoms in total. The van der Waals surface area contributed by atoms with E-state index in [1.165, 1.54) is 22.6 Å². The molecular formula is C30H39N2O4S2+. The van der Waals surface area contributed by atoms with Crippen LogP contribution in [0, 0.1) is 0 Å². The largest absolute Gasteiger partial charge is 0.494 e. The van der Waals surface area contributed by atoms with Crippen LogP contribution in [0.25, 0.3) is 0 Å². The first-order valence-corrected chi connectivity index (χ1v) is 15.5. The van der Waals surface area contributed by atoms with Crippen molar-refractivity contribution in [3.63, 3.8) is 0 Å². The summed E-state index contributed by atoms with van der Waals surface area (Å²) in [6.07, 6.45) is 0.957. The summed E-state index contributed by atoms with van der Waals surface area (Å²) in [4.78, 5) is 3.52. The lowest BCUT2D eigenvalue weighted by molar-refractivity contribution is 0.133. The van der Waals surface area contributed by atoms with Gasteiger partial charge in [-0.25, -0.2) is 0 Å². The van der Waals surface area contributed by atoms with Gasteiger partial charge in [-0.2, -0.15) is 8.42 Å². The fourth-order valence-corrected chi connectivity index (χ4v) is 7.76.